The minimum Gasteiger partial charge on any atom is -0.396 e. The Kier molecular flexibility index (Phi) is 3.80. The van der Waals surface area contributed by atoms with Crippen LogP contribution >= 0.6 is 0 Å². The molecule has 0 amide bonds. The number of aliphatic hydroxyl groups is 1. The zero-order valence-corrected chi connectivity index (χ0v) is 12.0. The smallest absolute Gasteiger partial charge is 0.295 e. The first-order chi connectivity index (χ1) is 10.7. The molecule has 5 heteroatoms. The highest BCUT2D eigenvalue weighted by Gasteiger charge is 2.13. The van der Waals surface area contributed by atoms with Gasteiger partial charge in [0, 0.05) is 12.2 Å². The Morgan fingerprint density at radius 3 is 2.36 bits per heavy atom. The molecular formula is C17H17N3O2. The summed E-state index contributed by atoms with van der Waals surface area (Å²) < 4.78 is 1.43. The maximum Gasteiger partial charge on any atom is 0.295 e. The van der Waals surface area contributed by atoms with E-state index in [1.807, 2.05) is 54.6 Å². The van der Waals surface area contributed by atoms with E-state index in [9.17, 15) is 4.79 Å². The van der Waals surface area contributed by atoms with Crippen molar-refractivity contribution < 1.29 is 5.11 Å². The molecule has 0 aliphatic heterocycles. The third-order valence-electron chi connectivity index (χ3n) is 3.58. The van der Waals surface area contributed by atoms with Gasteiger partial charge >= 0.3 is 0 Å². The highest BCUT2D eigenvalue weighted by Crippen LogP contribution is 2.21. The number of nitrogens with one attached hydrogen (secondary N) is 1. The SMILES string of the molecule is Nc1c(-c2ccccc2)[nH]n(-c2ccc(CCO)cc2)c1=O. The largest absolute Gasteiger partial charge is 0.396 e. The molecule has 4 N–H and O–H groups in total. The second kappa shape index (κ2) is 5.91. The minimum absolute atomic E-state index is 0.104. The molecule has 0 aliphatic rings. The maximum atomic E-state index is 12.3. The summed E-state index contributed by atoms with van der Waals surface area (Å²) >= 11 is 0. The van der Waals surface area contributed by atoms with Crippen molar-refractivity contribution in [2.45, 2.75) is 6.42 Å². The highest BCUT2D eigenvalue weighted by atomic mass is 16.2. The second-order valence-electron chi connectivity index (χ2n) is 5.05. The lowest BCUT2D eigenvalue weighted by Gasteiger charge is -2.04. The quantitative estimate of drug-likeness (QED) is 0.688. The Bertz CT molecular complexity index is 817. The first kappa shape index (κ1) is 14.2. The third kappa shape index (κ3) is 2.54. The van der Waals surface area contributed by atoms with Gasteiger partial charge in [-0.2, -0.15) is 0 Å². The van der Waals surface area contributed by atoms with Gasteiger partial charge in [0.25, 0.3) is 5.56 Å². The third-order valence-corrected chi connectivity index (χ3v) is 3.58. The summed E-state index contributed by atoms with van der Waals surface area (Å²) in [6.45, 7) is 0.104. The van der Waals surface area contributed by atoms with Crippen LogP contribution in [-0.2, 0) is 6.42 Å². The predicted molar refractivity (Wildman–Crippen MR) is 87.0 cm³/mol. The Morgan fingerprint density at radius 2 is 1.73 bits per heavy atom. The number of nitrogens with zero attached hydrogens (tertiary/aromatic N) is 1. The molecule has 22 heavy (non-hydrogen) atoms. The van der Waals surface area contributed by atoms with Crippen molar-refractivity contribution in [1.82, 2.24) is 9.78 Å². The van der Waals surface area contributed by atoms with E-state index < -0.39 is 0 Å². The van der Waals surface area contributed by atoms with Crippen molar-refractivity contribution in [1.29, 1.82) is 0 Å². The Balaban J connectivity index is 2.04. The number of nitrogen functional groups attached to an aromatic ring is 1. The van der Waals surface area contributed by atoms with Crippen LogP contribution in [0.5, 0.6) is 0 Å². The summed E-state index contributed by atoms with van der Waals surface area (Å²) in [7, 11) is 0. The van der Waals surface area contributed by atoms with Crippen LogP contribution < -0.4 is 11.3 Å². The van der Waals surface area contributed by atoms with Crippen LogP contribution in [-0.4, -0.2) is 21.5 Å². The maximum absolute atomic E-state index is 12.3. The van der Waals surface area contributed by atoms with Crippen molar-refractivity contribution in [3.63, 3.8) is 0 Å². The molecule has 0 saturated heterocycles. The molecule has 0 bridgehead atoms. The molecule has 0 aliphatic carbocycles. The Morgan fingerprint density at radius 1 is 1.05 bits per heavy atom. The van der Waals surface area contributed by atoms with E-state index in [1.54, 1.807) is 0 Å². The average Bonchev–Trinajstić information content (AvgIpc) is 2.85. The summed E-state index contributed by atoms with van der Waals surface area (Å²) in [5, 5.41) is 12.0. The fourth-order valence-electron chi connectivity index (χ4n) is 2.40. The number of H-pyrrole nitrogens is 1. The molecule has 0 spiro atoms. The van der Waals surface area contributed by atoms with E-state index in [2.05, 4.69) is 5.10 Å². The number of aromatic nitrogens is 2. The predicted octanol–water partition coefficient (Wildman–Crippen LogP) is 1.95. The first-order valence-corrected chi connectivity index (χ1v) is 7.07. The fourth-order valence-corrected chi connectivity index (χ4v) is 2.40. The summed E-state index contributed by atoms with van der Waals surface area (Å²) in [5.74, 6) is 0. The number of rotatable bonds is 4. The molecule has 1 aromatic heterocycles. The van der Waals surface area contributed by atoms with Crippen LogP contribution in [0.3, 0.4) is 0 Å². The number of nitrogens with two attached hydrogens (primary N) is 1. The minimum atomic E-state index is -0.270. The molecule has 3 rings (SSSR count). The number of aromatic amines is 1. The Hall–Kier alpha value is -2.79. The van der Waals surface area contributed by atoms with E-state index in [0.29, 0.717) is 17.8 Å². The molecule has 0 saturated carbocycles. The molecule has 0 atom stereocenters. The van der Waals surface area contributed by atoms with Crippen molar-refractivity contribution in [2.24, 2.45) is 0 Å². The lowest BCUT2D eigenvalue weighted by Crippen LogP contribution is -2.16. The molecule has 0 unspecified atom stereocenters. The number of anilines is 1. The number of hydrogen-bond acceptors (Lipinski definition) is 3. The average molecular weight is 295 g/mol. The molecule has 0 radical (unpaired) electrons. The van der Waals surface area contributed by atoms with Gasteiger partial charge in [-0.15, -0.1) is 0 Å². The van der Waals surface area contributed by atoms with Gasteiger partial charge in [0.1, 0.15) is 5.69 Å². The van der Waals surface area contributed by atoms with Crippen LogP contribution in [0.4, 0.5) is 5.69 Å². The molecule has 112 valence electrons. The Labute approximate surface area is 127 Å². The molecule has 3 aromatic rings. The standard InChI is InChI=1S/C17H17N3O2/c18-15-16(13-4-2-1-3-5-13)19-20(17(15)22)14-8-6-12(7-9-14)10-11-21/h1-9,19,21H,10-11,18H2. The first-order valence-electron chi connectivity index (χ1n) is 7.07. The van der Waals surface area contributed by atoms with Gasteiger partial charge in [0.2, 0.25) is 0 Å². The van der Waals surface area contributed by atoms with Gasteiger partial charge in [0.05, 0.1) is 11.4 Å². The molecule has 2 aromatic carbocycles. The zero-order valence-electron chi connectivity index (χ0n) is 12.0. The topological polar surface area (TPSA) is 84.0 Å². The van der Waals surface area contributed by atoms with E-state index in [1.165, 1.54) is 4.68 Å². The molecule has 1 heterocycles. The van der Waals surface area contributed by atoms with E-state index in [0.717, 1.165) is 11.1 Å². The zero-order chi connectivity index (χ0) is 15.5. The van der Waals surface area contributed by atoms with E-state index in [-0.39, 0.29) is 17.9 Å². The van der Waals surface area contributed by atoms with Crippen LogP contribution in [0.2, 0.25) is 0 Å². The summed E-state index contributed by atoms with van der Waals surface area (Å²) in [4.78, 5) is 12.3. The highest BCUT2D eigenvalue weighted by molar-refractivity contribution is 5.72. The van der Waals surface area contributed by atoms with Gasteiger partial charge < -0.3 is 10.8 Å². The van der Waals surface area contributed by atoms with Gasteiger partial charge in [-0.05, 0) is 24.1 Å². The lowest BCUT2D eigenvalue weighted by molar-refractivity contribution is 0.299. The lowest BCUT2D eigenvalue weighted by atomic mass is 10.1. The van der Waals surface area contributed by atoms with Crippen molar-refractivity contribution >= 4 is 5.69 Å². The van der Waals surface area contributed by atoms with Crippen molar-refractivity contribution in [3.8, 4) is 16.9 Å². The summed E-state index contributed by atoms with van der Waals surface area (Å²) in [6, 6.07) is 16.9. The molecule has 0 fully saturated rings. The van der Waals surface area contributed by atoms with E-state index in [4.69, 9.17) is 10.8 Å². The number of benzene rings is 2. The fraction of sp³-hybridized carbons (Fsp3) is 0.118. The second-order valence-corrected chi connectivity index (χ2v) is 5.05. The molecule has 5 nitrogen and oxygen atoms in total. The van der Waals surface area contributed by atoms with E-state index >= 15 is 0 Å². The number of hydrogen-bond donors (Lipinski definition) is 3. The van der Waals surface area contributed by atoms with Gasteiger partial charge in [-0.1, -0.05) is 42.5 Å². The van der Waals surface area contributed by atoms with Gasteiger partial charge in [-0.3, -0.25) is 9.89 Å². The number of aliphatic hydroxyl groups excluding tert-OH is 1. The van der Waals surface area contributed by atoms with Crippen LogP contribution in [0.15, 0.2) is 59.4 Å². The van der Waals surface area contributed by atoms with Gasteiger partial charge in [-0.25, -0.2) is 4.68 Å². The monoisotopic (exact) mass is 295 g/mol. The van der Waals surface area contributed by atoms with Gasteiger partial charge in [0.15, 0.2) is 0 Å². The van der Waals surface area contributed by atoms with Crippen LogP contribution in [0, 0.1) is 0 Å². The van der Waals surface area contributed by atoms with Crippen molar-refractivity contribution in [3.05, 3.63) is 70.5 Å². The van der Waals surface area contributed by atoms with Crippen LogP contribution in [0.25, 0.3) is 16.9 Å². The summed E-state index contributed by atoms with van der Waals surface area (Å²) in [6.07, 6.45) is 0.595. The van der Waals surface area contributed by atoms with Crippen LogP contribution in [0.1, 0.15) is 5.56 Å². The molecular weight excluding hydrogens is 278 g/mol. The summed E-state index contributed by atoms with van der Waals surface area (Å²) in [5.41, 5.74) is 9.09. The normalized spacial score (nSPS) is 10.8. The van der Waals surface area contributed by atoms with Crippen molar-refractivity contribution in [2.75, 3.05) is 12.3 Å².